The maximum absolute atomic E-state index is 12.1. The van der Waals surface area contributed by atoms with E-state index in [0.29, 0.717) is 35.1 Å². The number of ether oxygens (including phenoxy) is 2. The van der Waals surface area contributed by atoms with Crippen LogP contribution >= 0.6 is 11.3 Å². The largest absolute Gasteiger partial charge is 0.454 e. The third-order valence-electron chi connectivity index (χ3n) is 4.11. The molecule has 4 rings (SSSR count). The minimum atomic E-state index is -0.200. The molecule has 138 valence electrons. The molecule has 8 heteroatoms. The van der Waals surface area contributed by atoms with Crippen molar-refractivity contribution in [3.05, 3.63) is 63.0 Å². The summed E-state index contributed by atoms with van der Waals surface area (Å²) in [6.45, 7) is 2.45. The zero-order valence-corrected chi connectivity index (χ0v) is 15.4. The third-order valence-corrected chi connectivity index (χ3v) is 4.98. The van der Waals surface area contributed by atoms with Gasteiger partial charge in [-0.25, -0.2) is 4.98 Å². The molecule has 0 bridgehead atoms. The van der Waals surface area contributed by atoms with Gasteiger partial charge in [-0.15, -0.1) is 11.3 Å². The van der Waals surface area contributed by atoms with Gasteiger partial charge in [-0.3, -0.25) is 14.0 Å². The molecule has 1 amide bonds. The van der Waals surface area contributed by atoms with Crippen LogP contribution in [-0.2, 0) is 11.2 Å². The van der Waals surface area contributed by atoms with Crippen LogP contribution in [0.1, 0.15) is 17.0 Å². The van der Waals surface area contributed by atoms with Gasteiger partial charge in [0.05, 0.1) is 0 Å². The Morgan fingerprint density at radius 1 is 1.33 bits per heavy atom. The van der Waals surface area contributed by atoms with Crippen LogP contribution < -0.4 is 20.3 Å². The fourth-order valence-corrected chi connectivity index (χ4v) is 3.79. The number of amides is 1. The first-order chi connectivity index (χ1) is 13.1. The van der Waals surface area contributed by atoms with Crippen LogP contribution in [0.2, 0.25) is 0 Å². The fraction of sp³-hybridized carbons (Fsp3) is 0.211. The van der Waals surface area contributed by atoms with Gasteiger partial charge in [0.25, 0.3) is 5.56 Å². The van der Waals surface area contributed by atoms with Crippen LogP contribution in [0.3, 0.4) is 0 Å². The van der Waals surface area contributed by atoms with Gasteiger partial charge in [0.15, 0.2) is 16.5 Å². The molecule has 0 saturated carbocycles. The number of carbonyl (C=O) groups is 1. The molecular weight excluding hydrogens is 366 g/mol. The second kappa shape index (κ2) is 7.24. The van der Waals surface area contributed by atoms with Crippen molar-refractivity contribution in [2.45, 2.75) is 13.3 Å². The van der Waals surface area contributed by atoms with E-state index in [2.05, 4.69) is 10.3 Å². The highest BCUT2D eigenvalue weighted by Crippen LogP contribution is 2.32. The van der Waals surface area contributed by atoms with Gasteiger partial charge in [0, 0.05) is 41.9 Å². The van der Waals surface area contributed by atoms with Gasteiger partial charge in [-0.1, -0.05) is 6.07 Å². The molecular formula is C19H17N3O4S. The van der Waals surface area contributed by atoms with E-state index in [4.69, 9.17) is 9.47 Å². The summed E-state index contributed by atoms with van der Waals surface area (Å²) in [7, 11) is 0. The molecule has 1 aliphatic rings. The molecule has 3 heterocycles. The molecule has 1 N–H and O–H groups in total. The molecule has 3 aromatic rings. The van der Waals surface area contributed by atoms with E-state index in [1.165, 1.54) is 23.5 Å². The van der Waals surface area contributed by atoms with Gasteiger partial charge in [0.1, 0.15) is 0 Å². The van der Waals surface area contributed by atoms with Crippen LogP contribution in [-0.4, -0.2) is 28.6 Å². The van der Waals surface area contributed by atoms with Gasteiger partial charge < -0.3 is 14.8 Å². The lowest BCUT2D eigenvalue weighted by molar-refractivity contribution is -0.116. The maximum Gasteiger partial charge on any atom is 0.258 e. The normalized spacial score (nSPS) is 12.8. The summed E-state index contributed by atoms with van der Waals surface area (Å²) in [5, 5.41) is 4.73. The number of carbonyl (C=O) groups excluding carboxylic acids is 1. The first kappa shape index (κ1) is 17.3. The number of thiazole rings is 1. The highest BCUT2D eigenvalue weighted by molar-refractivity contribution is 7.15. The maximum atomic E-state index is 12.1. The van der Waals surface area contributed by atoms with E-state index in [-0.39, 0.29) is 18.3 Å². The number of hydrogen-bond donors (Lipinski definition) is 1. The zero-order chi connectivity index (χ0) is 18.8. The number of nitrogens with zero attached hydrogens (tertiary/aromatic N) is 2. The predicted octanol–water partition coefficient (Wildman–Crippen LogP) is 2.17. The molecule has 1 aliphatic heterocycles. The van der Waals surface area contributed by atoms with Crippen LogP contribution in [0.25, 0.3) is 11.0 Å². The second-order valence-corrected chi connectivity index (χ2v) is 6.90. The Bertz CT molecular complexity index is 1100. The Morgan fingerprint density at radius 3 is 3.07 bits per heavy atom. The van der Waals surface area contributed by atoms with Crippen molar-refractivity contribution >= 4 is 28.3 Å². The third kappa shape index (κ3) is 3.70. The van der Waals surface area contributed by atoms with Gasteiger partial charge in [-0.05, 0) is 30.7 Å². The minimum absolute atomic E-state index is 0.0946. The number of fused-ring (bicyclic) bond motifs is 2. The molecule has 0 unspecified atom stereocenters. The summed E-state index contributed by atoms with van der Waals surface area (Å²) in [6, 6.07) is 7.01. The number of nitrogens with one attached hydrogen (secondary N) is 1. The summed E-state index contributed by atoms with van der Waals surface area (Å²) in [5.74, 6) is 1.18. The van der Waals surface area contributed by atoms with Crippen LogP contribution in [0, 0.1) is 6.92 Å². The number of hydrogen-bond acceptors (Lipinski definition) is 6. The lowest BCUT2D eigenvalue weighted by Gasteiger charge is -2.03. The Labute approximate surface area is 158 Å². The van der Waals surface area contributed by atoms with E-state index < -0.39 is 0 Å². The average molecular weight is 383 g/mol. The molecule has 0 atom stereocenters. The predicted molar refractivity (Wildman–Crippen MR) is 102 cm³/mol. The number of rotatable bonds is 5. The van der Waals surface area contributed by atoms with Crippen molar-refractivity contribution in [3.63, 3.8) is 0 Å². The van der Waals surface area contributed by atoms with Crippen LogP contribution in [0.15, 0.2) is 40.5 Å². The van der Waals surface area contributed by atoms with Gasteiger partial charge in [0.2, 0.25) is 12.7 Å². The van der Waals surface area contributed by atoms with E-state index in [0.717, 1.165) is 11.3 Å². The second-order valence-electron chi connectivity index (χ2n) is 6.07. The van der Waals surface area contributed by atoms with Crippen molar-refractivity contribution < 1.29 is 14.3 Å². The number of aromatic nitrogens is 2. The highest BCUT2D eigenvalue weighted by Gasteiger charge is 2.12. The first-order valence-corrected chi connectivity index (χ1v) is 9.30. The molecule has 0 fully saturated rings. The quantitative estimate of drug-likeness (QED) is 0.683. The molecule has 1 aromatic carbocycles. The molecule has 0 radical (unpaired) electrons. The average Bonchev–Trinajstić information content (AvgIpc) is 3.26. The van der Waals surface area contributed by atoms with Crippen LogP contribution in [0.4, 0.5) is 0 Å². The lowest BCUT2D eigenvalue weighted by atomic mass is 10.2. The minimum Gasteiger partial charge on any atom is -0.454 e. The Kier molecular flexibility index (Phi) is 4.64. The molecule has 27 heavy (non-hydrogen) atoms. The van der Waals surface area contributed by atoms with Crippen molar-refractivity contribution in [2.75, 3.05) is 13.3 Å². The molecule has 0 saturated heterocycles. The monoisotopic (exact) mass is 383 g/mol. The van der Waals surface area contributed by atoms with E-state index in [9.17, 15) is 9.59 Å². The highest BCUT2D eigenvalue weighted by atomic mass is 32.1. The van der Waals surface area contributed by atoms with Gasteiger partial charge in [-0.2, -0.15) is 0 Å². The molecule has 2 aromatic heterocycles. The standard InChI is InChI=1S/C19H17N3O4S/c1-12-8-18(24)22-14(10-27-19(22)21-12)6-7-20-17(23)5-3-13-2-4-15-16(9-13)26-11-25-15/h2-5,8-10H,6-7,11H2,1H3,(H,20,23)/b5-3-. The SMILES string of the molecule is Cc1cc(=O)n2c(CCNC(=O)/C=C\c3ccc4c(c3)OCO4)csc2n1. The molecule has 7 nitrogen and oxygen atoms in total. The zero-order valence-electron chi connectivity index (χ0n) is 14.6. The smallest absolute Gasteiger partial charge is 0.258 e. The van der Waals surface area contributed by atoms with Crippen molar-refractivity contribution in [3.8, 4) is 11.5 Å². The van der Waals surface area contributed by atoms with Crippen molar-refractivity contribution in [1.29, 1.82) is 0 Å². The fourth-order valence-electron chi connectivity index (χ4n) is 2.82. The van der Waals surface area contributed by atoms with Gasteiger partial charge >= 0.3 is 0 Å². The summed E-state index contributed by atoms with van der Waals surface area (Å²) in [4.78, 5) is 29.2. The topological polar surface area (TPSA) is 81.9 Å². The van der Waals surface area contributed by atoms with E-state index >= 15 is 0 Å². The van der Waals surface area contributed by atoms with E-state index in [1.54, 1.807) is 17.4 Å². The summed E-state index contributed by atoms with van der Waals surface area (Å²) in [6.07, 6.45) is 3.74. The first-order valence-electron chi connectivity index (χ1n) is 8.42. The Hall–Kier alpha value is -3.13. The number of aryl methyl sites for hydroxylation is 1. The lowest BCUT2D eigenvalue weighted by Crippen LogP contribution is -2.25. The molecule has 0 spiro atoms. The Morgan fingerprint density at radius 2 is 2.19 bits per heavy atom. The Balaban J connectivity index is 1.35. The van der Waals surface area contributed by atoms with Crippen molar-refractivity contribution in [1.82, 2.24) is 14.7 Å². The van der Waals surface area contributed by atoms with Crippen molar-refractivity contribution in [2.24, 2.45) is 0 Å². The molecule has 0 aliphatic carbocycles. The number of benzene rings is 1. The summed E-state index contributed by atoms with van der Waals surface area (Å²) < 4.78 is 12.2. The summed E-state index contributed by atoms with van der Waals surface area (Å²) in [5.41, 5.74) is 2.30. The summed E-state index contributed by atoms with van der Waals surface area (Å²) >= 11 is 1.42. The van der Waals surface area contributed by atoms with E-state index in [1.807, 2.05) is 23.6 Å². The van der Waals surface area contributed by atoms with Crippen LogP contribution in [0.5, 0.6) is 11.5 Å².